The summed E-state index contributed by atoms with van der Waals surface area (Å²) in [6.45, 7) is 1.75. The van der Waals surface area contributed by atoms with E-state index in [0.29, 0.717) is 25.2 Å². The summed E-state index contributed by atoms with van der Waals surface area (Å²) in [6.07, 6.45) is 0. The SMILES string of the molecule is O=C(O)c1ccc(C(=O)NCCNCc2ccc(Oc3ccccc3)cc2)cc1. The van der Waals surface area contributed by atoms with Crippen molar-refractivity contribution < 1.29 is 19.4 Å². The molecular formula is C23H22N2O4. The number of amides is 1. The normalized spacial score (nSPS) is 10.3. The van der Waals surface area contributed by atoms with Gasteiger partial charge in [0.1, 0.15) is 11.5 Å². The number of benzene rings is 3. The van der Waals surface area contributed by atoms with Gasteiger partial charge in [-0.15, -0.1) is 0 Å². The van der Waals surface area contributed by atoms with E-state index >= 15 is 0 Å². The number of ether oxygens (including phenoxy) is 1. The van der Waals surface area contributed by atoms with Crippen LogP contribution in [0.1, 0.15) is 26.3 Å². The van der Waals surface area contributed by atoms with Gasteiger partial charge in [-0.05, 0) is 54.1 Å². The molecule has 0 aromatic heterocycles. The van der Waals surface area contributed by atoms with E-state index in [1.807, 2.05) is 54.6 Å². The average Bonchev–Trinajstić information content (AvgIpc) is 2.75. The molecule has 0 bridgehead atoms. The standard InChI is InChI=1S/C23H22N2O4/c26-22(18-8-10-19(11-9-18)23(27)28)25-15-14-24-16-17-6-12-21(13-7-17)29-20-4-2-1-3-5-20/h1-13,24H,14-16H2,(H,25,26)(H,27,28). The lowest BCUT2D eigenvalue weighted by Crippen LogP contribution is -2.31. The summed E-state index contributed by atoms with van der Waals surface area (Å²) in [4.78, 5) is 22.9. The predicted molar refractivity (Wildman–Crippen MR) is 110 cm³/mol. The van der Waals surface area contributed by atoms with Crippen LogP contribution in [0.25, 0.3) is 0 Å². The van der Waals surface area contributed by atoms with Crippen LogP contribution in [0.3, 0.4) is 0 Å². The monoisotopic (exact) mass is 390 g/mol. The van der Waals surface area contributed by atoms with E-state index in [2.05, 4.69) is 10.6 Å². The van der Waals surface area contributed by atoms with E-state index in [0.717, 1.165) is 17.1 Å². The number of carboxylic acids is 1. The second-order valence-electron chi connectivity index (χ2n) is 6.37. The third kappa shape index (κ3) is 6.19. The van der Waals surface area contributed by atoms with E-state index in [4.69, 9.17) is 9.84 Å². The molecule has 0 aliphatic heterocycles. The maximum Gasteiger partial charge on any atom is 0.335 e. The summed E-state index contributed by atoms with van der Waals surface area (Å²) in [7, 11) is 0. The Morgan fingerprint density at radius 2 is 1.38 bits per heavy atom. The van der Waals surface area contributed by atoms with Crippen LogP contribution in [0.5, 0.6) is 11.5 Å². The number of para-hydroxylation sites is 1. The number of carbonyl (C=O) groups is 2. The molecule has 3 aromatic carbocycles. The topological polar surface area (TPSA) is 87.7 Å². The highest BCUT2D eigenvalue weighted by atomic mass is 16.5. The van der Waals surface area contributed by atoms with E-state index in [1.54, 1.807) is 0 Å². The van der Waals surface area contributed by atoms with Crippen molar-refractivity contribution in [2.75, 3.05) is 13.1 Å². The van der Waals surface area contributed by atoms with E-state index in [-0.39, 0.29) is 11.5 Å². The lowest BCUT2D eigenvalue weighted by molar-refractivity contribution is 0.0696. The molecule has 29 heavy (non-hydrogen) atoms. The molecule has 0 heterocycles. The van der Waals surface area contributed by atoms with Crippen molar-refractivity contribution >= 4 is 11.9 Å². The van der Waals surface area contributed by atoms with E-state index in [9.17, 15) is 9.59 Å². The zero-order valence-electron chi connectivity index (χ0n) is 15.8. The number of carboxylic acid groups (broad SMARTS) is 1. The van der Waals surface area contributed by atoms with Crippen LogP contribution in [0.4, 0.5) is 0 Å². The highest BCUT2D eigenvalue weighted by molar-refractivity contribution is 5.95. The Hall–Kier alpha value is -3.64. The summed E-state index contributed by atoms with van der Waals surface area (Å²) in [6, 6.07) is 23.3. The highest BCUT2D eigenvalue weighted by Crippen LogP contribution is 2.21. The zero-order chi connectivity index (χ0) is 20.5. The number of rotatable bonds is 9. The second kappa shape index (κ2) is 10.1. The Labute approximate surface area is 169 Å². The van der Waals surface area contributed by atoms with Crippen molar-refractivity contribution in [1.82, 2.24) is 10.6 Å². The van der Waals surface area contributed by atoms with Gasteiger partial charge >= 0.3 is 5.97 Å². The number of aromatic carboxylic acids is 1. The minimum absolute atomic E-state index is 0.156. The summed E-state index contributed by atoms with van der Waals surface area (Å²) < 4.78 is 5.76. The van der Waals surface area contributed by atoms with Gasteiger partial charge in [0.05, 0.1) is 5.56 Å². The third-order valence-corrected chi connectivity index (χ3v) is 4.21. The minimum Gasteiger partial charge on any atom is -0.478 e. The van der Waals surface area contributed by atoms with Crippen molar-refractivity contribution in [3.63, 3.8) is 0 Å². The van der Waals surface area contributed by atoms with Crippen LogP contribution in [0.2, 0.25) is 0 Å². The fourth-order valence-electron chi connectivity index (χ4n) is 2.66. The van der Waals surface area contributed by atoms with E-state index in [1.165, 1.54) is 24.3 Å². The first-order chi connectivity index (χ1) is 14.1. The smallest absolute Gasteiger partial charge is 0.335 e. The Morgan fingerprint density at radius 1 is 0.759 bits per heavy atom. The first-order valence-corrected chi connectivity index (χ1v) is 9.26. The quantitative estimate of drug-likeness (QED) is 0.485. The molecule has 0 atom stereocenters. The van der Waals surface area contributed by atoms with Crippen molar-refractivity contribution in [3.8, 4) is 11.5 Å². The van der Waals surface area contributed by atoms with Gasteiger partial charge in [-0.3, -0.25) is 4.79 Å². The molecule has 0 saturated heterocycles. The van der Waals surface area contributed by atoms with Gasteiger partial charge in [0, 0.05) is 25.2 Å². The number of carbonyl (C=O) groups excluding carboxylic acids is 1. The molecule has 0 saturated carbocycles. The fourth-order valence-corrected chi connectivity index (χ4v) is 2.66. The second-order valence-corrected chi connectivity index (χ2v) is 6.37. The molecule has 148 valence electrons. The molecule has 3 aromatic rings. The van der Waals surface area contributed by atoms with Crippen molar-refractivity contribution in [2.45, 2.75) is 6.54 Å². The zero-order valence-corrected chi connectivity index (χ0v) is 15.8. The van der Waals surface area contributed by atoms with Gasteiger partial charge < -0.3 is 20.5 Å². The van der Waals surface area contributed by atoms with Gasteiger partial charge in [0.15, 0.2) is 0 Å². The van der Waals surface area contributed by atoms with Crippen LogP contribution in [-0.4, -0.2) is 30.1 Å². The first kappa shape index (κ1) is 20.1. The molecule has 0 fully saturated rings. The Kier molecular flexibility index (Phi) is 6.97. The number of hydrogen-bond acceptors (Lipinski definition) is 4. The minimum atomic E-state index is -1.01. The molecular weight excluding hydrogens is 368 g/mol. The average molecular weight is 390 g/mol. The largest absolute Gasteiger partial charge is 0.478 e. The summed E-state index contributed by atoms with van der Waals surface area (Å²) in [5.41, 5.74) is 1.70. The Balaban J connectivity index is 1.37. The van der Waals surface area contributed by atoms with Crippen molar-refractivity contribution in [1.29, 1.82) is 0 Å². The van der Waals surface area contributed by atoms with E-state index < -0.39 is 5.97 Å². The summed E-state index contributed by atoms with van der Waals surface area (Å²) >= 11 is 0. The highest BCUT2D eigenvalue weighted by Gasteiger charge is 2.07. The molecule has 0 aliphatic carbocycles. The number of hydrogen-bond donors (Lipinski definition) is 3. The van der Waals surface area contributed by atoms with Crippen LogP contribution in [-0.2, 0) is 6.54 Å². The van der Waals surface area contributed by atoms with Gasteiger partial charge in [-0.1, -0.05) is 30.3 Å². The molecule has 6 heteroatoms. The summed E-state index contributed by atoms with van der Waals surface area (Å²) in [5, 5.41) is 14.9. The van der Waals surface area contributed by atoms with Crippen molar-refractivity contribution in [3.05, 3.63) is 95.6 Å². The van der Waals surface area contributed by atoms with Crippen molar-refractivity contribution in [2.24, 2.45) is 0 Å². The predicted octanol–water partition coefficient (Wildman–Crippen LogP) is 3.70. The molecule has 1 amide bonds. The number of nitrogens with one attached hydrogen (secondary N) is 2. The molecule has 0 spiro atoms. The van der Waals surface area contributed by atoms with Crippen LogP contribution < -0.4 is 15.4 Å². The maximum absolute atomic E-state index is 12.0. The van der Waals surface area contributed by atoms with Gasteiger partial charge in [0.2, 0.25) is 0 Å². The molecule has 3 rings (SSSR count). The van der Waals surface area contributed by atoms with Crippen LogP contribution in [0.15, 0.2) is 78.9 Å². The van der Waals surface area contributed by atoms with Crippen LogP contribution >= 0.6 is 0 Å². The van der Waals surface area contributed by atoms with Gasteiger partial charge in [-0.2, -0.15) is 0 Å². The first-order valence-electron chi connectivity index (χ1n) is 9.26. The molecule has 3 N–H and O–H groups in total. The maximum atomic E-state index is 12.0. The molecule has 0 radical (unpaired) electrons. The lowest BCUT2D eigenvalue weighted by Gasteiger charge is -2.09. The third-order valence-electron chi connectivity index (χ3n) is 4.21. The Bertz CT molecular complexity index is 939. The molecule has 6 nitrogen and oxygen atoms in total. The fraction of sp³-hybridized carbons (Fsp3) is 0.130. The molecule has 0 aliphatic rings. The van der Waals surface area contributed by atoms with Gasteiger partial charge in [-0.25, -0.2) is 4.79 Å². The van der Waals surface area contributed by atoms with Crippen LogP contribution in [0, 0.1) is 0 Å². The lowest BCUT2D eigenvalue weighted by atomic mass is 10.1. The summed E-state index contributed by atoms with van der Waals surface area (Å²) in [5.74, 6) is 0.333. The Morgan fingerprint density at radius 3 is 2.03 bits per heavy atom. The van der Waals surface area contributed by atoms with Gasteiger partial charge in [0.25, 0.3) is 5.91 Å². The molecule has 0 unspecified atom stereocenters.